The number of halogens is 4. The monoisotopic (exact) mass is 332 g/mol. The molecule has 2 rings (SSSR count). The van der Waals surface area contributed by atoms with Crippen molar-refractivity contribution >= 4 is 26.7 Å². The average molecular weight is 333 g/mol. The van der Waals surface area contributed by atoms with Gasteiger partial charge in [-0.05, 0) is 28.5 Å². The molecule has 0 spiro atoms. The minimum Gasteiger partial charge on any atom is -0.497 e. The van der Waals surface area contributed by atoms with Crippen LogP contribution in [0.5, 0.6) is 5.75 Å². The van der Waals surface area contributed by atoms with E-state index in [9.17, 15) is 13.2 Å². The molecule has 0 saturated carbocycles. The molecule has 0 aromatic heterocycles. The van der Waals surface area contributed by atoms with Crippen LogP contribution >= 0.6 is 15.9 Å². The van der Waals surface area contributed by atoms with Crippen molar-refractivity contribution in [3.8, 4) is 5.75 Å². The first kappa shape index (κ1) is 14.2. The minimum absolute atomic E-state index is 0.620. The highest BCUT2D eigenvalue weighted by atomic mass is 79.9. The molecular weight excluding hydrogens is 321 g/mol. The molecule has 0 radical (unpaired) electrons. The molecule has 1 atom stereocenters. The van der Waals surface area contributed by atoms with Gasteiger partial charge in [-0.2, -0.15) is 13.2 Å². The summed E-state index contributed by atoms with van der Waals surface area (Å²) in [6.45, 7) is 0. The Bertz CT molecular complexity index is 580. The van der Waals surface area contributed by atoms with E-state index in [-0.39, 0.29) is 0 Å². The largest absolute Gasteiger partial charge is 0.497 e. The summed E-state index contributed by atoms with van der Waals surface area (Å²) in [6.07, 6.45) is -5.06. The number of fused-ring (bicyclic) bond motifs is 1. The highest BCUT2D eigenvalue weighted by Crippen LogP contribution is 2.36. The maximum absolute atomic E-state index is 12.4. The molecule has 0 bridgehead atoms. The SMILES string of the molecule is COc1ccc2cc(C(Br)CC(F)(F)F)ccc2c1. The summed E-state index contributed by atoms with van der Waals surface area (Å²) in [5.74, 6) is 0.728. The average Bonchev–Trinajstić information content (AvgIpc) is 2.35. The second-order valence-corrected chi connectivity index (χ2v) is 5.36. The Morgan fingerprint density at radius 3 is 2.37 bits per heavy atom. The molecule has 0 heterocycles. The molecule has 2 aromatic rings. The highest BCUT2D eigenvalue weighted by Gasteiger charge is 2.31. The minimum atomic E-state index is -4.18. The van der Waals surface area contributed by atoms with Crippen LogP contribution in [0.25, 0.3) is 10.8 Å². The first-order valence-corrected chi connectivity index (χ1v) is 6.59. The summed E-state index contributed by atoms with van der Waals surface area (Å²) < 4.78 is 42.2. The quantitative estimate of drug-likeness (QED) is 0.698. The van der Waals surface area contributed by atoms with Crippen molar-refractivity contribution in [2.24, 2.45) is 0 Å². The maximum Gasteiger partial charge on any atom is 0.390 e. The number of methoxy groups -OCH3 is 1. The van der Waals surface area contributed by atoms with Gasteiger partial charge in [-0.1, -0.05) is 40.2 Å². The van der Waals surface area contributed by atoms with Crippen LogP contribution in [0, 0.1) is 0 Å². The van der Waals surface area contributed by atoms with E-state index in [0.29, 0.717) is 5.56 Å². The maximum atomic E-state index is 12.4. The van der Waals surface area contributed by atoms with Crippen molar-refractivity contribution in [1.29, 1.82) is 0 Å². The Morgan fingerprint density at radius 2 is 1.74 bits per heavy atom. The number of hydrogen-bond donors (Lipinski definition) is 0. The molecule has 0 aliphatic heterocycles. The number of benzene rings is 2. The zero-order valence-electron chi connectivity index (χ0n) is 10.2. The van der Waals surface area contributed by atoms with Crippen molar-refractivity contribution in [2.75, 3.05) is 7.11 Å². The summed E-state index contributed by atoms with van der Waals surface area (Å²) in [6, 6.07) is 10.8. The van der Waals surface area contributed by atoms with Crippen molar-refractivity contribution in [3.05, 3.63) is 42.0 Å². The Balaban J connectivity index is 2.31. The Hall–Kier alpha value is -1.23. The lowest BCUT2D eigenvalue weighted by molar-refractivity contribution is -0.134. The number of rotatable bonds is 3. The zero-order valence-corrected chi connectivity index (χ0v) is 11.8. The van der Waals surface area contributed by atoms with E-state index in [4.69, 9.17) is 4.74 Å². The van der Waals surface area contributed by atoms with Crippen molar-refractivity contribution < 1.29 is 17.9 Å². The molecule has 0 N–H and O–H groups in total. The third-order valence-electron chi connectivity index (χ3n) is 2.84. The lowest BCUT2D eigenvalue weighted by Crippen LogP contribution is -2.10. The van der Waals surface area contributed by atoms with E-state index < -0.39 is 17.4 Å². The number of ether oxygens (including phenoxy) is 1. The van der Waals surface area contributed by atoms with Gasteiger partial charge in [-0.25, -0.2) is 0 Å². The third kappa shape index (κ3) is 3.62. The van der Waals surface area contributed by atoms with Gasteiger partial charge in [0.15, 0.2) is 0 Å². The summed E-state index contributed by atoms with van der Waals surface area (Å²) >= 11 is 3.09. The smallest absolute Gasteiger partial charge is 0.390 e. The molecule has 1 unspecified atom stereocenters. The first-order valence-electron chi connectivity index (χ1n) is 5.67. The molecule has 0 amide bonds. The fraction of sp³-hybridized carbons (Fsp3) is 0.286. The van der Waals surface area contributed by atoms with Gasteiger partial charge in [-0.15, -0.1) is 0 Å². The molecule has 0 aliphatic rings. The lowest BCUT2D eigenvalue weighted by Gasteiger charge is -2.13. The number of alkyl halides is 4. The van der Waals surface area contributed by atoms with Gasteiger partial charge in [0.25, 0.3) is 0 Å². The van der Waals surface area contributed by atoms with Crippen molar-refractivity contribution in [2.45, 2.75) is 17.4 Å². The van der Waals surface area contributed by atoms with Crippen LogP contribution < -0.4 is 4.74 Å². The Morgan fingerprint density at radius 1 is 1.11 bits per heavy atom. The predicted molar refractivity (Wildman–Crippen MR) is 72.8 cm³/mol. The van der Waals surface area contributed by atoms with E-state index in [2.05, 4.69) is 15.9 Å². The molecule has 1 nitrogen and oxygen atoms in total. The van der Waals surface area contributed by atoms with Crippen molar-refractivity contribution in [1.82, 2.24) is 0 Å². The molecule has 0 aliphatic carbocycles. The molecule has 2 aromatic carbocycles. The Kier molecular flexibility index (Phi) is 4.04. The van der Waals surface area contributed by atoms with Crippen LogP contribution in [0.3, 0.4) is 0 Å². The van der Waals surface area contributed by atoms with E-state index in [1.165, 1.54) is 0 Å². The highest BCUT2D eigenvalue weighted by molar-refractivity contribution is 9.09. The van der Waals surface area contributed by atoms with Crippen LogP contribution in [-0.2, 0) is 0 Å². The molecule has 102 valence electrons. The molecule has 5 heteroatoms. The van der Waals surface area contributed by atoms with Gasteiger partial charge in [0.1, 0.15) is 5.75 Å². The second kappa shape index (κ2) is 5.41. The summed E-state index contributed by atoms with van der Waals surface area (Å²) in [4.78, 5) is -0.723. The summed E-state index contributed by atoms with van der Waals surface area (Å²) in [7, 11) is 1.58. The first-order chi connectivity index (χ1) is 8.89. The second-order valence-electron chi connectivity index (χ2n) is 4.26. The fourth-order valence-electron chi connectivity index (χ4n) is 1.89. The van der Waals surface area contributed by atoms with Crippen LogP contribution in [0.15, 0.2) is 36.4 Å². The van der Waals surface area contributed by atoms with Gasteiger partial charge in [0.05, 0.1) is 13.5 Å². The normalized spacial score (nSPS) is 13.5. The van der Waals surface area contributed by atoms with Crippen LogP contribution in [0.2, 0.25) is 0 Å². The molecule has 0 saturated heterocycles. The van der Waals surface area contributed by atoms with Crippen LogP contribution in [0.1, 0.15) is 16.8 Å². The third-order valence-corrected chi connectivity index (χ3v) is 3.70. The Labute approximate surface area is 117 Å². The summed E-state index contributed by atoms with van der Waals surface area (Å²) in [5.41, 5.74) is 0.620. The molecule has 19 heavy (non-hydrogen) atoms. The van der Waals surface area contributed by atoms with E-state index in [1.807, 2.05) is 12.1 Å². The van der Waals surface area contributed by atoms with Gasteiger partial charge in [0.2, 0.25) is 0 Å². The van der Waals surface area contributed by atoms with Crippen LogP contribution in [-0.4, -0.2) is 13.3 Å². The van der Waals surface area contributed by atoms with Gasteiger partial charge >= 0.3 is 6.18 Å². The number of hydrogen-bond acceptors (Lipinski definition) is 1. The predicted octanol–water partition coefficient (Wildman–Crippen LogP) is 5.24. The molecular formula is C14H12BrF3O. The van der Waals surface area contributed by atoms with E-state index in [0.717, 1.165) is 16.5 Å². The lowest BCUT2D eigenvalue weighted by atomic mass is 10.0. The van der Waals surface area contributed by atoms with E-state index in [1.54, 1.807) is 31.4 Å². The van der Waals surface area contributed by atoms with Gasteiger partial charge < -0.3 is 4.74 Å². The van der Waals surface area contributed by atoms with Gasteiger partial charge in [-0.3, -0.25) is 0 Å². The standard InChI is InChI=1S/C14H12BrF3O/c1-19-12-5-4-9-6-11(3-2-10(9)7-12)13(15)8-14(16,17)18/h2-7,13H,8H2,1H3. The van der Waals surface area contributed by atoms with Crippen molar-refractivity contribution in [3.63, 3.8) is 0 Å². The molecule has 0 fully saturated rings. The van der Waals surface area contributed by atoms with Crippen LogP contribution in [0.4, 0.5) is 13.2 Å². The summed E-state index contributed by atoms with van der Waals surface area (Å²) in [5, 5.41) is 1.83. The zero-order chi connectivity index (χ0) is 14.0. The topological polar surface area (TPSA) is 9.23 Å². The van der Waals surface area contributed by atoms with E-state index >= 15 is 0 Å². The fourth-order valence-corrected chi connectivity index (χ4v) is 2.54. The van der Waals surface area contributed by atoms with Gasteiger partial charge in [0, 0.05) is 4.83 Å².